The number of anilines is 1. The first-order valence-corrected chi connectivity index (χ1v) is 13.8. The maximum atomic E-state index is 14.1. The highest BCUT2D eigenvalue weighted by atomic mass is 79.9. The maximum absolute atomic E-state index is 14.1. The van der Waals surface area contributed by atoms with Gasteiger partial charge in [-0.15, -0.1) is 0 Å². The molecule has 3 heterocycles. The van der Waals surface area contributed by atoms with Gasteiger partial charge in [-0.1, -0.05) is 64.5 Å². The second-order valence-corrected chi connectivity index (χ2v) is 11.3. The molecule has 0 bridgehead atoms. The topological polar surface area (TPSA) is 82.1 Å². The number of esters is 1. The van der Waals surface area contributed by atoms with E-state index in [4.69, 9.17) is 14.2 Å². The Bertz CT molecular complexity index is 1810. The fourth-order valence-electron chi connectivity index (χ4n) is 6.58. The van der Waals surface area contributed by atoms with E-state index in [0.29, 0.717) is 28.5 Å². The summed E-state index contributed by atoms with van der Waals surface area (Å²) in [7, 11) is 0. The number of carbonyl (C=O) groups is 3. The molecular weight excluding hydrogens is 574 g/mol. The minimum absolute atomic E-state index is 0.125. The normalized spacial score (nSPS) is 24.4. The van der Waals surface area contributed by atoms with Gasteiger partial charge in [-0.25, -0.2) is 4.90 Å². The van der Waals surface area contributed by atoms with Crippen molar-refractivity contribution >= 4 is 55.7 Å². The van der Waals surface area contributed by atoms with Crippen LogP contribution in [-0.4, -0.2) is 24.6 Å². The SMILES string of the molecule is O=C1Oc2c(ccc3ccccc23)C2=C[C@H](c3ccc4c(c3)OCO4)[C@@H]3C(=O)N(c4ccc(Br)cc4)C(=O)[C@@H]3[C@H]12. The largest absolute Gasteiger partial charge is 0.454 e. The molecule has 2 amide bonds. The molecule has 4 aromatic carbocycles. The number of benzene rings is 4. The van der Waals surface area contributed by atoms with Crippen LogP contribution in [0.5, 0.6) is 17.2 Å². The van der Waals surface area contributed by atoms with Gasteiger partial charge in [0.15, 0.2) is 11.5 Å². The number of ether oxygens (including phenoxy) is 3. The molecule has 196 valence electrons. The summed E-state index contributed by atoms with van der Waals surface area (Å²) in [5, 5.41) is 1.77. The average molecular weight is 594 g/mol. The summed E-state index contributed by atoms with van der Waals surface area (Å²) in [6, 6.07) is 24.2. The number of hydrogen-bond donors (Lipinski definition) is 0. The van der Waals surface area contributed by atoms with E-state index in [1.807, 2.05) is 60.7 Å². The zero-order valence-corrected chi connectivity index (χ0v) is 22.5. The number of hydrogen-bond acceptors (Lipinski definition) is 6. The van der Waals surface area contributed by atoms with Crippen LogP contribution in [0.15, 0.2) is 89.4 Å². The smallest absolute Gasteiger partial charge is 0.319 e. The van der Waals surface area contributed by atoms with Crippen LogP contribution >= 0.6 is 15.9 Å². The van der Waals surface area contributed by atoms with Gasteiger partial charge < -0.3 is 14.2 Å². The standard InChI is InChI=1S/C32H20BrNO6/c33-18-7-9-19(10-8-18)34-30(35)26-22(17-6-12-24-25(13-17)39-15-38-24)14-23-21-11-5-16-3-1-2-4-20(16)29(21)40-32(37)27(23)28(26)31(34)36/h1-14,22,26-28H,15H2/t22-,26+,27-,28+/m1/s1. The lowest BCUT2D eigenvalue weighted by atomic mass is 9.64. The third kappa shape index (κ3) is 3.26. The number of nitrogens with zero attached hydrogens (tertiary/aromatic N) is 1. The Labute approximate surface area is 237 Å². The first-order valence-electron chi connectivity index (χ1n) is 13.0. The van der Waals surface area contributed by atoms with Crippen molar-refractivity contribution in [2.45, 2.75) is 5.92 Å². The van der Waals surface area contributed by atoms with Crippen molar-refractivity contribution < 1.29 is 28.6 Å². The van der Waals surface area contributed by atoms with Crippen LogP contribution in [0, 0.1) is 17.8 Å². The minimum atomic E-state index is -0.918. The van der Waals surface area contributed by atoms with Crippen molar-refractivity contribution in [3.8, 4) is 17.2 Å². The molecule has 1 saturated heterocycles. The van der Waals surface area contributed by atoms with Gasteiger partial charge in [-0.2, -0.15) is 0 Å². The summed E-state index contributed by atoms with van der Waals surface area (Å²) >= 11 is 3.42. The molecule has 4 aliphatic rings. The van der Waals surface area contributed by atoms with Crippen molar-refractivity contribution in [3.05, 3.63) is 101 Å². The number of imide groups is 1. The summed E-state index contributed by atoms with van der Waals surface area (Å²) in [5.41, 5.74) is 2.74. The van der Waals surface area contributed by atoms with Gasteiger partial charge in [0.05, 0.1) is 23.4 Å². The molecule has 4 atom stereocenters. The lowest BCUT2D eigenvalue weighted by Gasteiger charge is -2.38. The van der Waals surface area contributed by atoms with Gasteiger partial charge in [-0.3, -0.25) is 14.4 Å². The Balaban J connectivity index is 1.34. The molecule has 40 heavy (non-hydrogen) atoms. The number of rotatable bonds is 2. The van der Waals surface area contributed by atoms with E-state index in [1.54, 1.807) is 24.3 Å². The van der Waals surface area contributed by atoms with Crippen LogP contribution < -0.4 is 19.1 Å². The van der Waals surface area contributed by atoms with Crippen molar-refractivity contribution in [1.82, 2.24) is 0 Å². The molecule has 0 unspecified atom stereocenters. The predicted octanol–water partition coefficient (Wildman–Crippen LogP) is 5.85. The van der Waals surface area contributed by atoms with E-state index in [2.05, 4.69) is 15.9 Å². The van der Waals surface area contributed by atoms with Crippen molar-refractivity contribution in [2.75, 3.05) is 11.7 Å². The Morgan fingerprint density at radius 1 is 0.800 bits per heavy atom. The highest BCUT2D eigenvalue weighted by molar-refractivity contribution is 9.10. The number of amides is 2. The van der Waals surface area contributed by atoms with E-state index in [1.165, 1.54) is 4.90 Å². The van der Waals surface area contributed by atoms with Crippen LogP contribution in [0.25, 0.3) is 16.3 Å². The monoisotopic (exact) mass is 593 g/mol. The van der Waals surface area contributed by atoms with Crippen molar-refractivity contribution in [3.63, 3.8) is 0 Å². The van der Waals surface area contributed by atoms with E-state index in [-0.39, 0.29) is 12.7 Å². The molecule has 0 spiro atoms. The molecule has 8 heteroatoms. The van der Waals surface area contributed by atoms with Crippen molar-refractivity contribution in [1.29, 1.82) is 0 Å². The fraction of sp³-hybridized carbons (Fsp3) is 0.156. The first kappa shape index (κ1) is 23.5. The predicted molar refractivity (Wildman–Crippen MR) is 150 cm³/mol. The fourth-order valence-corrected chi connectivity index (χ4v) is 6.84. The Morgan fingerprint density at radius 2 is 1.57 bits per heavy atom. The number of carbonyl (C=O) groups excluding carboxylic acids is 3. The van der Waals surface area contributed by atoms with Crippen LogP contribution in [0.1, 0.15) is 17.0 Å². The molecule has 1 fully saturated rings. The third-order valence-electron chi connectivity index (χ3n) is 8.35. The van der Waals surface area contributed by atoms with E-state index >= 15 is 0 Å². The van der Waals surface area contributed by atoms with Gasteiger partial charge in [0, 0.05) is 21.3 Å². The number of allylic oxidation sites excluding steroid dienone is 1. The van der Waals surface area contributed by atoms with E-state index in [9.17, 15) is 14.4 Å². The molecule has 0 saturated carbocycles. The van der Waals surface area contributed by atoms with Crippen molar-refractivity contribution in [2.24, 2.45) is 17.8 Å². The Kier molecular flexibility index (Phi) is 5.00. The lowest BCUT2D eigenvalue weighted by Crippen LogP contribution is -2.42. The second kappa shape index (κ2) is 8.53. The van der Waals surface area contributed by atoms with Crippen LogP contribution in [0.4, 0.5) is 5.69 Å². The summed E-state index contributed by atoms with van der Waals surface area (Å²) in [5.74, 6) is -2.65. The summed E-state index contributed by atoms with van der Waals surface area (Å²) in [6.45, 7) is 0.125. The Hall–Kier alpha value is -4.43. The minimum Gasteiger partial charge on any atom is -0.454 e. The molecule has 4 aromatic rings. The highest BCUT2D eigenvalue weighted by Crippen LogP contribution is 2.56. The van der Waals surface area contributed by atoms with E-state index in [0.717, 1.165) is 26.4 Å². The molecule has 7 nitrogen and oxygen atoms in total. The molecular formula is C32H20BrNO6. The molecule has 1 aliphatic carbocycles. The van der Waals surface area contributed by atoms with Gasteiger partial charge in [-0.05, 0) is 52.9 Å². The van der Waals surface area contributed by atoms with Gasteiger partial charge in [0.25, 0.3) is 0 Å². The number of fused-ring (bicyclic) bond motifs is 8. The Morgan fingerprint density at radius 3 is 2.42 bits per heavy atom. The quantitative estimate of drug-likeness (QED) is 0.165. The highest BCUT2D eigenvalue weighted by Gasteiger charge is 2.60. The van der Waals surface area contributed by atoms with Crippen LogP contribution in [0.3, 0.4) is 0 Å². The third-order valence-corrected chi connectivity index (χ3v) is 8.88. The molecule has 0 radical (unpaired) electrons. The van der Waals surface area contributed by atoms with Gasteiger partial charge in [0.2, 0.25) is 18.6 Å². The molecule has 0 aromatic heterocycles. The zero-order valence-electron chi connectivity index (χ0n) is 20.9. The molecule has 3 aliphatic heterocycles. The summed E-state index contributed by atoms with van der Waals surface area (Å²) in [4.78, 5) is 43.2. The summed E-state index contributed by atoms with van der Waals surface area (Å²) in [6.07, 6.45) is 1.98. The van der Waals surface area contributed by atoms with E-state index < -0.39 is 35.5 Å². The molecule has 0 N–H and O–H groups in total. The lowest BCUT2D eigenvalue weighted by molar-refractivity contribution is -0.142. The zero-order chi connectivity index (χ0) is 27.1. The summed E-state index contributed by atoms with van der Waals surface area (Å²) < 4.78 is 17.9. The van der Waals surface area contributed by atoms with Gasteiger partial charge in [0.1, 0.15) is 5.75 Å². The van der Waals surface area contributed by atoms with Crippen LogP contribution in [0.2, 0.25) is 0 Å². The average Bonchev–Trinajstić information content (AvgIpc) is 3.55. The number of halogens is 1. The maximum Gasteiger partial charge on any atom is 0.319 e. The molecule has 8 rings (SSSR count). The van der Waals surface area contributed by atoms with Crippen LogP contribution in [-0.2, 0) is 14.4 Å². The first-order chi connectivity index (χ1) is 19.5. The van der Waals surface area contributed by atoms with Gasteiger partial charge >= 0.3 is 5.97 Å². The second-order valence-electron chi connectivity index (χ2n) is 10.4.